The Kier molecular flexibility index (Phi) is 9.04. The third kappa shape index (κ3) is 6.51. The summed E-state index contributed by atoms with van der Waals surface area (Å²) in [4.78, 5) is 7.17. The largest absolute Gasteiger partial charge is 0.388 e. The van der Waals surface area contributed by atoms with Gasteiger partial charge >= 0.3 is 0 Å². The zero-order valence-corrected chi connectivity index (χ0v) is 18.5. The van der Waals surface area contributed by atoms with Crippen LogP contribution in [0.3, 0.4) is 0 Å². The topological polar surface area (TPSA) is 86.4 Å². The molecular formula is C23H37N5O. The number of nitrogens with two attached hydrogens (primary N) is 1. The van der Waals surface area contributed by atoms with Crippen LogP contribution in [0.25, 0.3) is 11.3 Å². The van der Waals surface area contributed by atoms with Crippen LogP contribution in [0.1, 0.15) is 50.0 Å². The van der Waals surface area contributed by atoms with Gasteiger partial charge in [-0.15, -0.1) is 0 Å². The number of nitrogens with zero attached hydrogens (tertiary/aromatic N) is 2. The zero-order valence-electron chi connectivity index (χ0n) is 18.5. The van der Waals surface area contributed by atoms with E-state index in [1.54, 1.807) is 0 Å². The fourth-order valence-corrected chi connectivity index (χ4v) is 3.39. The molecule has 29 heavy (non-hydrogen) atoms. The Morgan fingerprint density at radius 2 is 2.00 bits per heavy atom. The second-order valence-corrected chi connectivity index (χ2v) is 7.89. The van der Waals surface area contributed by atoms with Crippen molar-refractivity contribution in [1.82, 2.24) is 15.2 Å². The number of rotatable bonds is 11. The van der Waals surface area contributed by atoms with Gasteiger partial charge < -0.3 is 26.4 Å². The lowest BCUT2D eigenvalue weighted by Crippen LogP contribution is -2.26. The second-order valence-electron chi connectivity index (χ2n) is 7.89. The van der Waals surface area contributed by atoms with E-state index < -0.39 is 6.10 Å². The van der Waals surface area contributed by atoms with Crippen molar-refractivity contribution < 1.29 is 5.11 Å². The molecule has 0 aliphatic heterocycles. The summed E-state index contributed by atoms with van der Waals surface area (Å²) in [5, 5.41) is 17.2. The maximum atomic E-state index is 10.6. The molecule has 0 saturated heterocycles. The zero-order chi connectivity index (χ0) is 21.4. The van der Waals surface area contributed by atoms with Crippen molar-refractivity contribution in [2.45, 2.75) is 52.4 Å². The van der Waals surface area contributed by atoms with Crippen LogP contribution in [0.4, 0.5) is 5.82 Å². The van der Waals surface area contributed by atoms with Crippen molar-refractivity contribution in [3.05, 3.63) is 47.0 Å². The minimum Gasteiger partial charge on any atom is -0.388 e. The summed E-state index contributed by atoms with van der Waals surface area (Å²) in [5.74, 6) is 0.763. The standard InChI is InChI=1S/C23H37N5O/c1-6-22(29)19-13-21(27-23(20(19)14-24)26-16(2)3)18-9-7-8-17(12-18)15-28(5)11-10-25-4/h7-9,12-13,16,22,25,29H,6,10-11,14-15,24H2,1-5H3,(H,26,27). The Balaban J connectivity index is 2.44. The van der Waals surface area contributed by atoms with Crippen LogP contribution in [-0.2, 0) is 13.1 Å². The van der Waals surface area contributed by atoms with Gasteiger partial charge in [-0.25, -0.2) is 4.98 Å². The average molecular weight is 400 g/mol. The molecule has 2 rings (SSSR count). The summed E-state index contributed by atoms with van der Waals surface area (Å²) in [7, 11) is 4.09. The molecule has 6 nitrogen and oxygen atoms in total. The van der Waals surface area contributed by atoms with Gasteiger partial charge in [0, 0.05) is 43.3 Å². The summed E-state index contributed by atoms with van der Waals surface area (Å²) >= 11 is 0. The molecule has 0 radical (unpaired) electrons. The average Bonchev–Trinajstić information content (AvgIpc) is 2.70. The molecule has 6 heteroatoms. The third-order valence-corrected chi connectivity index (χ3v) is 4.95. The van der Waals surface area contributed by atoms with E-state index in [4.69, 9.17) is 10.7 Å². The first-order valence-corrected chi connectivity index (χ1v) is 10.5. The van der Waals surface area contributed by atoms with Gasteiger partial charge in [0.2, 0.25) is 0 Å². The molecule has 0 aliphatic rings. The minimum absolute atomic E-state index is 0.224. The molecule has 1 atom stereocenters. The fourth-order valence-electron chi connectivity index (χ4n) is 3.39. The van der Waals surface area contributed by atoms with Gasteiger partial charge in [-0.2, -0.15) is 0 Å². The molecular weight excluding hydrogens is 362 g/mol. The molecule has 0 bridgehead atoms. The Morgan fingerprint density at radius 3 is 2.62 bits per heavy atom. The normalized spacial score (nSPS) is 12.6. The van der Waals surface area contributed by atoms with Gasteiger partial charge in [0.1, 0.15) is 5.82 Å². The van der Waals surface area contributed by atoms with E-state index in [9.17, 15) is 5.11 Å². The number of nitrogens with one attached hydrogen (secondary N) is 2. The van der Waals surface area contributed by atoms with Gasteiger partial charge in [0.15, 0.2) is 0 Å². The van der Waals surface area contributed by atoms with E-state index in [1.807, 2.05) is 20.0 Å². The van der Waals surface area contributed by atoms with Crippen LogP contribution < -0.4 is 16.4 Å². The van der Waals surface area contributed by atoms with Crippen LogP contribution in [0.2, 0.25) is 0 Å². The molecule has 0 fully saturated rings. The number of pyridine rings is 1. The monoisotopic (exact) mass is 399 g/mol. The van der Waals surface area contributed by atoms with Crippen LogP contribution in [-0.4, -0.2) is 48.2 Å². The number of aromatic nitrogens is 1. The van der Waals surface area contributed by atoms with Gasteiger partial charge in [0.05, 0.1) is 11.8 Å². The van der Waals surface area contributed by atoms with E-state index in [1.165, 1.54) is 5.56 Å². The predicted molar refractivity (Wildman–Crippen MR) is 122 cm³/mol. The minimum atomic E-state index is -0.557. The van der Waals surface area contributed by atoms with Crippen molar-refractivity contribution in [2.75, 3.05) is 32.5 Å². The molecule has 1 heterocycles. The molecule has 5 N–H and O–H groups in total. The molecule has 2 aromatic rings. The number of benzene rings is 1. The van der Waals surface area contributed by atoms with Crippen molar-refractivity contribution in [3.63, 3.8) is 0 Å². The van der Waals surface area contributed by atoms with E-state index in [0.717, 1.165) is 47.8 Å². The van der Waals surface area contributed by atoms with Crippen molar-refractivity contribution in [1.29, 1.82) is 0 Å². The first-order valence-electron chi connectivity index (χ1n) is 10.5. The number of aliphatic hydroxyl groups excluding tert-OH is 1. The lowest BCUT2D eigenvalue weighted by molar-refractivity contribution is 0.172. The number of hydrogen-bond acceptors (Lipinski definition) is 6. The Bertz CT molecular complexity index is 778. The fraction of sp³-hybridized carbons (Fsp3) is 0.522. The molecule has 0 spiro atoms. The maximum Gasteiger partial charge on any atom is 0.131 e. The summed E-state index contributed by atoms with van der Waals surface area (Å²) < 4.78 is 0. The summed E-state index contributed by atoms with van der Waals surface area (Å²) in [6.07, 6.45) is 0.0762. The molecule has 160 valence electrons. The van der Waals surface area contributed by atoms with Gasteiger partial charge in [-0.3, -0.25) is 0 Å². The van der Waals surface area contributed by atoms with Crippen molar-refractivity contribution >= 4 is 5.82 Å². The van der Waals surface area contributed by atoms with E-state index in [-0.39, 0.29) is 6.04 Å². The highest BCUT2D eigenvalue weighted by atomic mass is 16.3. The van der Waals surface area contributed by atoms with Crippen LogP contribution >= 0.6 is 0 Å². The number of likely N-dealkylation sites (N-methyl/N-ethyl adjacent to an activating group) is 2. The summed E-state index contributed by atoms with van der Waals surface area (Å²) in [6.45, 7) is 9.28. The molecule has 0 amide bonds. The van der Waals surface area contributed by atoms with E-state index in [2.05, 4.69) is 60.7 Å². The second kappa shape index (κ2) is 11.3. The molecule has 1 aromatic carbocycles. The van der Waals surface area contributed by atoms with E-state index in [0.29, 0.717) is 13.0 Å². The Hall–Kier alpha value is -1.99. The third-order valence-electron chi connectivity index (χ3n) is 4.95. The highest BCUT2D eigenvalue weighted by Gasteiger charge is 2.18. The SMILES string of the molecule is CCC(O)c1cc(-c2cccc(CN(C)CCNC)c2)nc(NC(C)C)c1CN. The molecule has 0 aliphatic carbocycles. The number of anilines is 1. The first-order chi connectivity index (χ1) is 13.9. The van der Waals surface area contributed by atoms with Crippen LogP contribution in [0.15, 0.2) is 30.3 Å². The number of hydrogen-bond donors (Lipinski definition) is 4. The summed E-state index contributed by atoms with van der Waals surface area (Å²) in [5.41, 5.74) is 10.9. The molecule has 1 unspecified atom stereocenters. The van der Waals surface area contributed by atoms with Gasteiger partial charge in [-0.1, -0.05) is 25.1 Å². The lowest BCUT2D eigenvalue weighted by Gasteiger charge is -2.21. The maximum absolute atomic E-state index is 10.6. The Labute approximate surface area is 175 Å². The van der Waals surface area contributed by atoms with Crippen LogP contribution in [0, 0.1) is 0 Å². The quantitative estimate of drug-likeness (QED) is 0.464. The van der Waals surface area contributed by atoms with Gasteiger partial charge in [-0.05, 0) is 57.6 Å². The molecule has 1 aromatic heterocycles. The summed E-state index contributed by atoms with van der Waals surface area (Å²) in [6, 6.07) is 10.7. The highest BCUT2D eigenvalue weighted by Crippen LogP contribution is 2.31. The highest BCUT2D eigenvalue weighted by molar-refractivity contribution is 5.66. The lowest BCUT2D eigenvalue weighted by atomic mass is 9.97. The van der Waals surface area contributed by atoms with Crippen molar-refractivity contribution in [3.8, 4) is 11.3 Å². The first kappa shape index (κ1) is 23.3. The van der Waals surface area contributed by atoms with Gasteiger partial charge in [0.25, 0.3) is 0 Å². The Morgan fingerprint density at radius 1 is 1.24 bits per heavy atom. The smallest absolute Gasteiger partial charge is 0.131 e. The number of aliphatic hydroxyl groups is 1. The van der Waals surface area contributed by atoms with E-state index >= 15 is 0 Å². The molecule has 0 saturated carbocycles. The van der Waals surface area contributed by atoms with Crippen LogP contribution in [0.5, 0.6) is 0 Å². The van der Waals surface area contributed by atoms with Crippen molar-refractivity contribution in [2.24, 2.45) is 5.73 Å². The predicted octanol–water partition coefficient (Wildman–Crippen LogP) is 3.12.